The first kappa shape index (κ1) is 16.9. The lowest BCUT2D eigenvalue weighted by atomic mass is 10.2. The van der Waals surface area contributed by atoms with Crippen LogP contribution in [0.4, 0.5) is 0 Å². The maximum Gasteiger partial charge on any atom is 0.175 e. The van der Waals surface area contributed by atoms with Crippen LogP contribution in [0.5, 0.6) is 11.5 Å². The molecule has 3 nitrogen and oxygen atoms in total. The molecule has 0 aliphatic carbocycles. The van der Waals surface area contributed by atoms with Gasteiger partial charge in [0.25, 0.3) is 0 Å². The third-order valence-electron chi connectivity index (χ3n) is 2.72. The van der Waals surface area contributed by atoms with E-state index in [1.54, 1.807) is 7.11 Å². The highest BCUT2D eigenvalue weighted by Crippen LogP contribution is 2.36. The van der Waals surface area contributed by atoms with Crippen LogP contribution >= 0.6 is 15.9 Å². The topological polar surface area (TPSA) is 30.5 Å². The fourth-order valence-electron chi connectivity index (χ4n) is 1.69. The van der Waals surface area contributed by atoms with Crippen molar-refractivity contribution in [3.63, 3.8) is 0 Å². The largest absolute Gasteiger partial charge is 0.493 e. The number of benzene rings is 1. The second kappa shape index (κ2) is 8.89. The summed E-state index contributed by atoms with van der Waals surface area (Å²) in [6.45, 7) is 5.62. The van der Waals surface area contributed by atoms with Gasteiger partial charge in [0.15, 0.2) is 11.5 Å². The van der Waals surface area contributed by atoms with Crippen molar-refractivity contribution in [3.8, 4) is 23.8 Å². The first-order valence-corrected chi connectivity index (χ1v) is 7.53. The zero-order valence-corrected chi connectivity index (χ0v) is 13.9. The smallest absolute Gasteiger partial charge is 0.175 e. The number of ether oxygens (including phenoxy) is 2. The molecule has 0 heterocycles. The van der Waals surface area contributed by atoms with Gasteiger partial charge in [-0.3, -0.25) is 0 Å². The number of hydrogen-bond acceptors (Lipinski definition) is 3. The molecule has 1 aromatic carbocycles. The van der Waals surface area contributed by atoms with Crippen molar-refractivity contribution >= 4 is 15.9 Å². The molecule has 0 aliphatic heterocycles. The van der Waals surface area contributed by atoms with E-state index in [9.17, 15) is 0 Å². The molecule has 1 N–H and O–H groups in total. The zero-order chi connectivity index (χ0) is 15.0. The van der Waals surface area contributed by atoms with Gasteiger partial charge >= 0.3 is 0 Å². The summed E-state index contributed by atoms with van der Waals surface area (Å²) >= 11 is 3.54. The summed E-state index contributed by atoms with van der Waals surface area (Å²) in [5, 5.41) is 3.38. The average molecular weight is 340 g/mol. The van der Waals surface area contributed by atoms with Crippen LogP contribution in [0, 0.1) is 12.3 Å². The minimum Gasteiger partial charge on any atom is -0.493 e. The van der Waals surface area contributed by atoms with E-state index in [0.717, 1.165) is 40.9 Å². The predicted octanol–water partition coefficient (Wildman–Crippen LogP) is 3.75. The van der Waals surface area contributed by atoms with E-state index in [-0.39, 0.29) is 0 Å². The van der Waals surface area contributed by atoms with Crippen LogP contribution in [0.3, 0.4) is 0 Å². The molecule has 1 aromatic rings. The Hall–Kier alpha value is -1.18. The fraction of sp³-hybridized carbons (Fsp3) is 0.500. The molecular formula is C16H22BrNO2. The second-order valence-electron chi connectivity index (χ2n) is 4.80. The van der Waals surface area contributed by atoms with Crippen molar-refractivity contribution in [2.75, 3.05) is 13.7 Å². The lowest BCUT2D eigenvalue weighted by molar-refractivity contribution is 0.289. The Balaban J connectivity index is 2.77. The summed E-state index contributed by atoms with van der Waals surface area (Å²) in [6.07, 6.45) is 6.78. The maximum absolute atomic E-state index is 5.75. The zero-order valence-electron chi connectivity index (χ0n) is 12.3. The fourth-order valence-corrected chi connectivity index (χ4v) is 2.29. The van der Waals surface area contributed by atoms with Gasteiger partial charge in [-0.25, -0.2) is 0 Å². The van der Waals surface area contributed by atoms with Crippen LogP contribution in [-0.4, -0.2) is 19.8 Å². The van der Waals surface area contributed by atoms with Gasteiger partial charge in [-0.05, 0) is 40.0 Å². The van der Waals surface area contributed by atoms with E-state index in [0.29, 0.717) is 12.6 Å². The molecule has 0 saturated heterocycles. The predicted molar refractivity (Wildman–Crippen MR) is 86.2 cm³/mol. The van der Waals surface area contributed by atoms with Crippen LogP contribution in [0.25, 0.3) is 0 Å². The van der Waals surface area contributed by atoms with Gasteiger partial charge < -0.3 is 14.8 Å². The number of unbranched alkanes of at least 4 members (excludes halogenated alkanes) is 1. The first-order valence-electron chi connectivity index (χ1n) is 6.74. The monoisotopic (exact) mass is 339 g/mol. The van der Waals surface area contributed by atoms with E-state index in [1.807, 2.05) is 6.07 Å². The molecule has 0 unspecified atom stereocenters. The van der Waals surface area contributed by atoms with Gasteiger partial charge in [0.2, 0.25) is 0 Å². The summed E-state index contributed by atoms with van der Waals surface area (Å²) in [4.78, 5) is 0. The van der Waals surface area contributed by atoms with Gasteiger partial charge in [-0.15, -0.1) is 12.3 Å². The Morgan fingerprint density at radius 1 is 1.40 bits per heavy atom. The number of terminal acetylenes is 1. The minimum absolute atomic E-state index is 0.444. The van der Waals surface area contributed by atoms with E-state index >= 15 is 0 Å². The van der Waals surface area contributed by atoms with E-state index in [1.165, 1.54) is 0 Å². The molecule has 0 saturated carbocycles. The molecule has 0 fully saturated rings. The Morgan fingerprint density at radius 3 is 2.75 bits per heavy atom. The lowest BCUT2D eigenvalue weighted by Crippen LogP contribution is -2.21. The standard InChI is InChI=1S/C16H22BrNO2/c1-5-6-7-8-20-16-14(17)9-13(10-15(16)19-4)11-18-12(2)3/h1,9-10,12,18H,6-8,11H2,2-4H3. The van der Waals surface area contributed by atoms with Crippen molar-refractivity contribution in [2.24, 2.45) is 0 Å². The summed E-state index contributed by atoms with van der Waals surface area (Å²) in [7, 11) is 1.65. The molecule has 110 valence electrons. The van der Waals surface area contributed by atoms with Crippen LogP contribution in [0.1, 0.15) is 32.3 Å². The maximum atomic E-state index is 5.75. The van der Waals surface area contributed by atoms with Crippen LogP contribution in [-0.2, 0) is 6.54 Å². The molecule has 4 heteroatoms. The van der Waals surface area contributed by atoms with Gasteiger partial charge in [-0.1, -0.05) is 13.8 Å². The summed E-state index contributed by atoms with van der Waals surface area (Å²) in [5.74, 6) is 4.07. The molecule has 1 rings (SSSR count). The summed E-state index contributed by atoms with van der Waals surface area (Å²) in [5.41, 5.74) is 1.15. The second-order valence-corrected chi connectivity index (χ2v) is 5.66. The molecule has 0 amide bonds. The van der Waals surface area contributed by atoms with Crippen LogP contribution in [0.15, 0.2) is 16.6 Å². The minimum atomic E-state index is 0.444. The Kier molecular flexibility index (Phi) is 7.50. The van der Waals surface area contributed by atoms with Crippen molar-refractivity contribution in [3.05, 3.63) is 22.2 Å². The highest BCUT2D eigenvalue weighted by molar-refractivity contribution is 9.10. The Bertz CT molecular complexity index is 466. The SMILES string of the molecule is C#CCCCOc1c(Br)cc(CNC(C)C)cc1OC. The van der Waals surface area contributed by atoms with Crippen molar-refractivity contribution < 1.29 is 9.47 Å². The van der Waals surface area contributed by atoms with E-state index < -0.39 is 0 Å². The number of hydrogen-bond donors (Lipinski definition) is 1. The Labute approximate surface area is 130 Å². The Morgan fingerprint density at radius 2 is 2.15 bits per heavy atom. The quantitative estimate of drug-likeness (QED) is 0.578. The molecule has 0 atom stereocenters. The molecule has 0 spiro atoms. The van der Waals surface area contributed by atoms with Crippen LogP contribution < -0.4 is 14.8 Å². The van der Waals surface area contributed by atoms with Crippen molar-refractivity contribution in [1.29, 1.82) is 0 Å². The van der Waals surface area contributed by atoms with Crippen molar-refractivity contribution in [1.82, 2.24) is 5.32 Å². The van der Waals surface area contributed by atoms with Crippen molar-refractivity contribution in [2.45, 2.75) is 39.3 Å². The van der Waals surface area contributed by atoms with Gasteiger partial charge in [0, 0.05) is 19.0 Å². The number of methoxy groups -OCH3 is 1. The number of nitrogens with one attached hydrogen (secondary N) is 1. The normalized spacial score (nSPS) is 10.4. The van der Waals surface area contributed by atoms with Crippen LogP contribution in [0.2, 0.25) is 0 Å². The van der Waals surface area contributed by atoms with E-state index in [4.69, 9.17) is 15.9 Å². The first-order chi connectivity index (χ1) is 9.58. The lowest BCUT2D eigenvalue weighted by Gasteiger charge is -2.15. The number of halogens is 1. The molecule has 0 radical (unpaired) electrons. The highest BCUT2D eigenvalue weighted by atomic mass is 79.9. The number of rotatable bonds is 8. The average Bonchev–Trinajstić information content (AvgIpc) is 2.42. The molecule has 0 aromatic heterocycles. The van der Waals surface area contributed by atoms with E-state index in [2.05, 4.69) is 47.1 Å². The highest BCUT2D eigenvalue weighted by Gasteiger charge is 2.11. The molecule has 20 heavy (non-hydrogen) atoms. The third-order valence-corrected chi connectivity index (χ3v) is 3.30. The molecule has 0 aliphatic rings. The molecule has 0 bridgehead atoms. The summed E-state index contributed by atoms with van der Waals surface area (Å²) < 4.78 is 12.1. The molecular weight excluding hydrogens is 318 g/mol. The van der Waals surface area contributed by atoms with Gasteiger partial charge in [0.05, 0.1) is 18.2 Å². The van der Waals surface area contributed by atoms with Gasteiger partial charge in [-0.2, -0.15) is 0 Å². The van der Waals surface area contributed by atoms with Gasteiger partial charge in [0.1, 0.15) is 0 Å². The third kappa shape index (κ3) is 5.44. The summed E-state index contributed by atoms with van der Waals surface area (Å²) in [6, 6.07) is 4.49.